The van der Waals surface area contributed by atoms with Gasteiger partial charge in [0.1, 0.15) is 0 Å². The molecule has 0 saturated heterocycles. The van der Waals surface area contributed by atoms with E-state index in [1.165, 1.54) is 0 Å². The van der Waals surface area contributed by atoms with Crippen molar-refractivity contribution in [1.82, 2.24) is 0 Å². The molecule has 2 unspecified atom stereocenters. The lowest BCUT2D eigenvalue weighted by Crippen LogP contribution is -2.29. The maximum atomic E-state index is 14.0. The molecule has 3 aromatic carbocycles. The Morgan fingerprint density at radius 2 is 1.27 bits per heavy atom. The second kappa shape index (κ2) is 10.0. The van der Waals surface area contributed by atoms with Crippen LogP contribution >= 0.6 is 0 Å². The van der Waals surface area contributed by atoms with Crippen LogP contribution in [-0.2, 0) is 37.0 Å². The van der Waals surface area contributed by atoms with E-state index in [-0.39, 0.29) is 12.3 Å². The van der Waals surface area contributed by atoms with Crippen molar-refractivity contribution < 1.29 is 16.8 Å². The van der Waals surface area contributed by atoms with Gasteiger partial charge in [0.2, 0.25) is 0 Å². The van der Waals surface area contributed by atoms with Gasteiger partial charge in [-0.05, 0) is 23.3 Å². The Bertz CT molecular complexity index is 1160. The van der Waals surface area contributed by atoms with Crippen LogP contribution in [-0.4, -0.2) is 30.7 Å². The molecule has 3 aromatic rings. The van der Waals surface area contributed by atoms with Gasteiger partial charge in [-0.2, -0.15) is 8.42 Å². The smallest absolute Gasteiger partial charge is 0.264 e. The van der Waals surface area contributed by atoms with Crippen LogP contribution in [0.15, 0.2) is 100 Å². The minimum absolute atomic E-state index is 0.0220. The van der Waals surface area contributed by atoms with Crippen molar-refractivity contribution in [3.05, 3.63) is 102 Å². The Morgan fingerprint density at radius 1 is 0.767 bits per heavy atom. The van der Waals surface area contributed by atoms with Gasteiger partial charge < -0.3 is 0 Å². The average molecular weight is 444 g/mol. The van der Waals surface area contributed by atoms with Gasteiger partial charge in [0.05, 0.1) is 34.4 Å². The van der Waals surface area contributed by atoms with Crippen LogP contribution < -0.4 is 0 Å². The van der Waals surface area contributed by atoms with Crippen molar-refractivity contribution in [1.29, 1.82) is 0 Å². The highest BCUT2D eigenvalue weighted by molar-refractivity contribution is 7.93. The molecule has 0 saturated carbocycles. The number of benzene rings is 3. The fourth-order valence-corrected chi connectivity index (χ4v) is 5.91. The monoisotopic (exact) mass is 443 g/mol. The molecule has 0 spiro atoms. The maximum absolute atomic E-state index is 14.0. The second-order valence-electron chi connectivity index (χ2n) is 7.01. The summed E-state index contributed by atoms with van der Waals surface area (Å²) in [5.41, 5.74) is 1.84. The molecule has 7 heteroatoms. The van der Waals surface area contributed by atoms with Gasteiger partial charge in [0.25, 0.3) is 10.1 Å². The van der Waals surface area contributed by atoms with Crippen molar-refractivity contribution in [2.75, 3.05) is 12.0 Å². The third kappa shape index (κ3) is 6.79. The molecule has 0 heterocycles. The summed E-state index contributed by atoms with van der Waals surface area (Å²) in [5, 5.41) is 0. The normalized spacial score (nSPS) is 14.6. The van der Waals surface area contributed by atoms with Crippen LogP contribution in [0.2, 0.25) is 0 Å². The van der Waals surface area contributed by atoms with Crippen molar-refractivity contribution in [3.63, 3.8) is 0 Å². The fourth-order valence-electron chi connectivity index (χ4n) is 3.12. The quantitative estimate of drug-likeness (QED) is 0.462. The Hall–Kier alpha value is -2.48. The summed E-state index contributed by atoms with van der Waals surface area (Å²) in [4.78, 5) is 0.566. The van der Waals surface area contributed by atoms with E-state index in [4.69, 9.17) is 4.18 Å². The Kier molecular flexibility index (Phi) is 7.42. The van der Waals surface area contributed by atoms with Crippen molar-refractivity contribution in [2.24, 2.45) is 4.36 Å². The van der Waals surface area contributed by atoms with E-state index in [1.807, 2.05) is 66.7 Å². The van der Waals surface area contributed by atoms with E-state index in [1.54, 1.807) is 24.3 Å². The van der Waals surface area contributed by atoms with Crippen LogP contribution in [0.25, 0.3) is 0 Å². The zero-order chi connectivity index (χ0) is 21.5. The standard InChI is InChI=1S/C23H25NO4S2/c1-29(25,26)28-22(17-20-11-5-2-6-12-20)19-30(27,23-15-9-4-10-16-23)24-18-21-13-7-3-8-14-21/h2-16,22H,17-19H2,1H3. The summed E-state index contributed by atoms with van der Waals surface area (Å²) >= 11 is 0. The van der Waals surface area contributed by atoms with Crippen LogP contribution in [0, 0.1) is 0 Å². The zero-order valence-corrected chi connectivity index (χ0v) is 18.4. The van der Waals surface area contributed by atoms with E-state index in [0.717, 1.165) is 17.4 Å². The van der Waals surface area contributed by atoms with Gasteiger partial charge in [-0.1, -0.05) is 78.9 Å². The van der Waals surface area contributed by atoms with Crippen molar-refractivity contribution in [2.45, 2.75) is 24.0 Å². The highest BCUT2D eigenvalue weighted by Gasteiger charge is 2.24. The molecule has 30 heavy (non-hydrogen) atoms. The summed E-state index contributed by atoms with van der Waals surface area (Å²) in [6.07, 6.45) is 0.532. The van der Waals surface area contributed by atoms with Gasteiger partial charge in [-0.25, -0.2) is 8.57 Å². The van der Waals surface area contributed by atoms with Crippen LogP contribution in [0.1, 0.15) is 11.1 Å². The van der Waals surface area contributed by atoms with Gasteiger partial charge in [0, 0.05) is 11.3 Å². The lowest BCUT2D eigenvalue weighted by Gasteiger charge is -2.20. The molecule has 158 valence electrons. The average Bonchev–Trinajstić information content (AvgIpc) is 2.73. The molecule has 3 rings (SSSR count). The maximum Gasteiger partial charge on any atom is 0.264 e. The first-order valence-corrected chi connectivity index (χ1v) is 13.1. The molecule has 0 aliphatic carbocycles. The minimum atomic E-state index is -3.73. The second-order valence-corrected chi connectivity index (χ2v) is 10.9. The van der Waals surface area contributed by atoms with Gasteiger partial charge in [-0.3, -0.25) is 4.18 Å². The summed E-state index contributed by atoms with van der Waals surface area (Å²) in [5.74, 6) is -0.0220. The van der Waals surface area contributed by atoms with Crippen LogP contribution in [0.5, 0.6) is 0 Å². The van der Waals surface area contributed by atoms with Crippen molar-refractivity contribution in [3.8, 4) is 0 Å². The number of hydrogen-bond acceptors (Lipinski definition) is 5. The number of nitrogens with zero attached hydrogens (tertiary/aromatic N) is 1. The molecule has 5 nitrogen and oxygen atoms in total. The topological polar surface area (TPSA) is 72.8 Å². The van der Waals surface area contributed by atoms with E-state index in [2.05, 4.69) is 4.36 Å². The van der Waals surface area contributed by atoms with Crippen LogP contribution in [0.4, 0.5) is 0 Å². The molecule has 0 aliphatic rings. The third-order valence-corrected chi connectivity index (χ3v) is 7.44. The highest BCUT2D eigenvalue weighted by atomic mass is 32.2. The molecule has 0 amide bonds. The van der Waals surface area contributed by atoms with Gasteiger partial charge >= 0.3 is 0 Å². The predicted molar refractivity (Wildman–Crippen MR) is 120 cm³/mol. The summed E-state index contributed by atoms with van der Waals surface area (Å²) < 4.78 is 47.7. The molecule has 2 atom stereocenters. The summed E-state index contributed by atoms with van der Waals surface area (Å²) in [6.45, 7) is 0.269. The minimum Gasteiger partial charge on any atom is -0.266 e. The Labute approximate surface area is 179 Å². The molecule has 0 aromatic heterocycles. The SMILES string of the molecule is CS(=O)(=O)OC(Cc1ccccc1)CS(=O)(=NCc1ccccc1)c1ccccc1. The van der Waals surface area contributed by atoms with Crippen LogP contribution in [0.3, 0.4) is 0 Å². The summed E-state index contributed by atoms with van der Waals surface area (Å²) in [7, 11) is -6.65. The van der Waals surface area contributed by atoms with Gasteiger partial charge in [-0.15, -0.1) is 0 Å². The van der Waals surface area contributed by atoms with E-state index < -0.39 is 26.0 Å². The van der Waals surface area contributed by atoms with E-state index in [0.29, 0.717) is 11.3 Å². The first-order chi connectivity index (χ1) is 14.3. The van der Waals surface area contributed by atoms with Gasteiger partial charge in [0.15, 0.2) is 0 Å². The lowest BCUT2D eigenvalue weighted by atomic mass is 10.1. The molecular weight excluding hydrogens is 418 g/mol. The molecule has 0 fully saturated rings. The van der Waals surface area contributed by atoms with Crippen molar-refractivity contribution >= 4 is 19.8 Å². The largest absolute Gasteiger partial charge is 0.266 e. The third-order valence-electron chi connectivity index (χ3n) is 4.44. The first-order valence-electron chi connectivity index (χ1n) is 9.56. The highest BCUT2D eigenvalue weighted by Crippen LogP contribution is 2.20. The number of hydrogen-bond donors (Lipinski definition) is 0. The van der Waals surface area contributed by atoms with E-state index >= 15 is 0 Å². The molecule has 0 aliphatic heterocycles. The lowest BCUT2D eigenvalue weighted by molar-refractivity contribution is 0.234. The summed E-state index contributed by atoms with van der Waals surface area (Å²) in [6, 6.07) is 27.9. The number of rotatable bonds is 9. The van der Waals surface area contributed by atoms with E-state index in [9.17, 15) is 12.6 Å². The Morgan fingerprint density at radius 3 is 1.80 bits per heavy atom. The molecular formula is C23H25NO4S2. The predicted octanol–water partition coefficient (Wildman–Crippen LogP) is 4.30. The molecule has 0 N–H and O–H groups in total. The zero-order valence-electron chi connectivity index (χ0n) is 16.8. The fraction of sp³-hybridized carbons (Fsp3) is 0.217. The first kappa shape index (κ1) is 22.2. The molecule has 0 radical (unpaired) electrons. The Balaban J connectivity index is 1.97. The molecule has 0 bridgehead atoms.